The third-order valence-corrected chi connectivity index (χ3v) is 4.19. The topological polar surface area (TPSA) is 54.3 Å². The molecule has 0 aromatic heterocycles. The van der Waals surface area contributed by atoms with Crippen LogP contribution < -0.4 is 10.1 Å². The maximum Gasteiger partial charge on any atom is 0.123 e. The van der Waals surface area contributed by atoms with Gasteiger partial charge in [0.15, 0.2) is 0 Å². The molecule has 2 fully saturated rings. The number of hydrogen-bond acceptors (Lipinski definition) is 4. The molecule has 3 rings (SSSR count). The van der Waals surface area contributed by atoms with Crippen LogP contribution in [0.2, 0.25) is 0 Å². The van der Waals surface area contributed by atoms with Crippen LogP contribution >= 0.6 is 0 Å². The van der Waals surface area contributed by atoms with Gasteiger partial charge in [-0.15, -0.1) is 0 Å². The lowest BCUT2D eigenvalue weighted by molar-refractivity contribution is 0.0808. The Bertz CT molecular complexity index is 520. The predicted octanol–water partition coefficient (Wildman–Crippen LogP) is 2.22. The molecule has 2 atom stereocenters. The second kappa shape index (κ2) is 5.82. The van der Waals surface area contributed by atoms with Gasteiger partial charge in [0.2, 0.25) is 0 Å². The Labute approximate surface area is 119 Å². The van der Waals surface area contributed by atoms with E-state index in [1.807, 2.05) is 12.1 Å². The zero-order chi connectivity index (χ0) is 13.9. The lowest BCUT2D eigenvalue weighted by Crippen LogP contribution is -2.37. The molecule has 4 heteroatoms. The van der Waals surface area contributed by atoms with Gasteiger partial charge in [-0.1, -0.05) is 0 Å². The quantitative estimate of drug-likeness (QED) is 0.893. The number of ether oxygens (including phenoxy) is 2. The molecule has 106 valence electrons. The molecule has 1 N–H and O–H groups in total. The minimum Gasteiger partial charge on any atom is -0.496 e. The van der Waals surface area contributed by atoms with E-state index in [-0.39, 0.29) is 0 Å². The van der Waals surface area contributed by atoms with E-state index in [4.69, 9.17) is 14.7 Å². The maximum atomic E-state index is 9.00. The molecular weight excluding hydrogens is 252 g/mol. The summed E-state index contributed by atoms with van der Waals surface area (Å²) in [6, 6.07) is 8.15. The van der Waals surface area contributed by atoms with Crippen molar-refractivity contribution in [1.29, 1.82) is 5.26 Å². The van der Waals surface area contributed by atoms with Gasteiger partial charge in [0.1, 0.15) is 5.75 Å². The Kier molecular flexibility index (Phi) is 3.90. The number of nitrogens with zero attached hydrogens (tertiary/aromatic N) is 1. The van der Waals surface area contributed by atoms with E-state index in [1.165, 1.54) is 12.8 Å². The minimum atomic E-state index is 0.375. The first-order valence-corrected chi connectivity index (χ1v) is 7.24. The molecule has 1 saturated carbocycles. The van der Waals surface area contributed by atoms with Crippen molar-refractivity contribution < 1.29 is 9.47 Å². The van der Waals surface area contributed by atoms with E-state index in [0.29, 0.717) is 17.7 Å². The molecule has 0 amide bonds. The fraction of sp³-hybridized carbons (Fsp3) is 0.562. The molecule has 0 bridgehead atoms. The van der Waals surface area contributed by atoms with Crippen LogP contribution in [-0.2, 0) is 11.3 Å². The van der Waals surface area contributed by atoms with Crippen LogP contribution in [0.1, 0.15) is 30.4 Å². The second-order valence-electron chi connectivity index (χ2n) is 5.59. The molecule has 1 aromatic rings. The largest absolute Gasteiger partial charge is 0.496 e. The predicted molar refractivity (Wildman–Crippen MR) is 75.4 cm³/mol. The Morgan fingerprint density at radius 2 is 2.25 bits per heavy atom. The Balaban J connectivity index is 1.66. The minimum absolute atomic E-state index is 0.375. The average Bonchev–Trinajstić information content (AvgIpc) is 3.23. The highest BCUT2D eigenvalue weighted by atomic mass is 16.5. The highest BCUT2D eigenvalue weighted by Crippen LogP contribution is 2.38. The number of benzene rings is 1. The van der Waals surface area contributed by atoms with Gasteiger partial charge in [0.05, 0.1) is 24.8 Å². The van der Waals surface area contributed by atoms with Crippen molar-refractivity contribution in [2.24, 2.45) is 5.92 Å². The molecule has 1 aliphatic heterocycles. The van der Waals surface area contributed by atoms with Crippen molar-refractivity contribution in [3.63, 3.8) is 0 Å². The molecule has 2 aliphatic rings. The first kappa shape index (κ1) is 13.4. The number of nitriles is 1. The van der Waals surface area contributed by atoms with Crippen molar-refractivity contribution in [1.82, 2.24) is 5.32 Å². The van der Waals surface area contributed by atoms with Crippen LogP contribution in [0.15, 0.2) is 18.2 Å². The van der Waals surface area contributed by atoms with Gasteiger partial charge in [-0.3, -0.25) is 0 Å². The van der Waals surface area contributed by atoms with Gasteiger partial charge in [-0.05, 0) is 43.4 Å². The van der Waals surface area contributed by atoms with Crippen LogP contribution in [0.4, 0.5) is 0 Å². The van der Waals surface area contributed by atoms with Crippen LogP contribution in [0, 0.1) is 17.2 Å². The zero-order valence-electron chi connectivity index (χ0n) is 11.8. The molecule has 20 heavy (non-hydrogen) atoms. The molecule has 2 unspecified atom stereocenters. The third kappa shape index (κ3) is 2.79. The second-order valence-corrected chi connectivity index (χ2v) is 5.59. The monoisotopic (exact) mass is 272 g/mol. The van der Waals surface area contributed by atoms with E-state index in [0.717, 1.165) is 36.8 Å². The molecule has 0 radical (unpaired) electrons. The fourth-order valence-corrected chi connectivity index (χ4v) is 2.95. The van der Waals surface area contributed by atoms with Gasteiger partial charge < -0.3 is 14.8 Å². The van der Waals surface area contributed by atoms with Crippen LogP contribution in [0.5, 0.6) is 5.75 Å². The SMILES string of the molecule is COc1ccc(C#N)cc1CNC1CCOC1C1CC1. The zero-order valence-corrected chi connectivity index (χ0v) is 11.8. The van der Waals surface area contributed by atoms with Gasteiger partial charge >= 0.3 is 0 Å². The summed E-state index contributed by atoms with van der Waals surface area (Å²) < 4.78 is 11.2. The van der Waals surface area contributed by atoms with Crippen LogP contribution in [0.3, 0.4) is 0 Å². The molecule has 1 aliphatic carbocycles. The standard InChI is InChI=1S/C16H20N2O2/c1-19-15-5-2-11(9-17)8-13(15)10-18-14-6-7-20-16(14)12-3-4-12/h2,5,8,12,14,16,18H,3-4,6-7,10H2,1H3. The summed E-state index contributed by atoms with van der Waals surface area (Å²) in [4.78, 5) is 0. The van der Waals surface area contributed by atoms with Crippen molar-refractivity contribution in [2.45, 2.75) is 38.0 Å². The summed E-state index contributed by atoms with van der Waals surface area (Å²) in [6.07, 6.45) is 4.05. The van der Waals surface area contributed by atoms with Crippen molar-refractivity contribution in [3.8, 4) is 11.8 Å². The summed E-state index contributed by atoms with van der Waals surface area (Å²) in [7, 11) is 1.66. The number of rotatable bonds is 5. The first-order valence-electron chi connectivity index (χ1n) is 7.24. The summed E-state index contributed by atoms with van der Waals surface area (Å²) in [5.74, 6) is 1.58. The maximum absolute atomic E-state index is 9.00. The molecule has 1 aromatic carbocycles. The van der Waals surface area contributed by atoms with E-state index in [9.17, 15) is 0 Å². The van der Waals surface area contributed by atoms with E-state index in [1.54, 1.807) is 13.2 Å². The number of nitrogens with one attached hydrogen (secondary N) is 1. The first-order chi connectivity index (χ1) is 9.81. The molecular formula is C16H20N2O2. The van der Waals surface area contributed by atoms with Gasteiger partial charge in [-0.2, -0.15) is 5.26 Å². The Morgan fingerprint density at radius 1 is 1.40 bits per heavy atom. The molecule has 0 spiro atoms. The van der Waals surface area contributed by atoms with Gasteiger partial charge in [0, 0.05) is 24.8 Å². The van der Waals surface area contributed by atoms with Crippen LogP contribution in [-0.4, -0.2) is 25.9 Å². The van der Waals surface area contributed by atoms with Gasteiger partial charge in [-0.25, -0.2) is 0 Å². The fourth-order valence-electron chi connectivity index (χ4n) is 2.95. The normalized spacial score (nSPS) is 25.4. The Hall–Kier alpha value is -1.57. The summed E-state index contributed by atoms with van der Waals surface area (Å²) in [5, 5.41) is 12.6. The highest BCUT2D eigenvalue weighted by Gasteiger charge is 2.40. The highest BCUT2D eigenvalue weighted by molar-refractivity contribution is 5.42. The average molecular weight is 272 g/mol. The summed E-state index contributed by atoms with van der Waals surface area (Å²) in [5.41, 5.74) is 1.71. The lowest BCUT2D eigenvalue weighted by atomic mass is 10.0. The summed E-state index contributed by atoms with van der Waals surface area (Å²) in [6.45, 7) is 1.57. The lowest BCUT2D eigenvalue weighted by Gasteiger charge is -2.20. The third-order valence-electron chi connectivity index (χ3n) is 4.19. The van der Waals surface area contributed by atoms with Crippen LogP contribution in [0.25, 0.3) is 0 Å². The van der Waals surface area contributed by atoms with Gasteiger partial charge in [0.25, 0.3) is 0 Å². The van der Waals surface area contributed by atoms with E-state index < -0.39 is 0 Å². The smallest absolute Gasteiger partial charge is 0.123 e. The van der Waals surface area contributed by atoms with Crippen molar-refractivity contribution in [3.05, 3.63) is 29.3 Å². The number of hydrogen-bond donors (Lipinski definition) is 1. The number of methoxy groups -OCH3 is 1. The summed E-state index contributed by atoms with van der Waals surface area (Å²) >= 11 is 0. The Morgan fingerprint density at radius 3 is 2.95 bits per heavy atom. The molecule has 4 nitrogen and oxygen atoms in total. The van der Waals surface area contributed by atoms with Crippen molar-refractivity contribution >= 4 is 0 Å². The molecule has 1 heterocycles. The molecule has 1 saturated heterocycles. The van der Waals surface area contributed by atoms with E-state index in [2.05, 4.69) is 11.4 Å². The van der Waals surface area contributed by atoms with E-state index >= 15 is 0 Å². The van der Waals surface area contributed by atoms with Crippen molar-refractivity contribution in [2.75, 3.05) is 13.7 Å².